The zero-order valence-corrected chi connectivity index (χ0v) is 13.3. The molecule has 0 heterocycles. The lowest BCUT2D eigenvalue weighted by molar-refractivity contribution is 0.0550. The van der Waals surface area contributed by atoms with Crippen LogP contribution in [0, 0.1) is 0 Å². The first-order valence-electron chi connectivity index (χ1n) is 7.88. The van der Waals surface area contributed by atoms with E-state index < -0.39 is 0 Å². The first-order valence-corrected chi connectivity index (χ1v) is 7.88. The number of ether oxygens (including phenoxy) is 1. The zero-order chi connectivity index (χ0) is 16.6. The minimum absolute atomic E-state index is 0.229. The number of esters is 1. The first kappa shape index (κ1) is 15.8. The fourth-order valence-electron chi connectivity index (χ4n) is 2.50. The molecule has 0 radical (unpaired) electrons. The van der Waals surface area contributed by atoms with Crippen LogP contribution in [0.4, 0.5) is 0 Å². The Morgan fingerprint density at radius 3 is 1.54 bits per heavy atom. The van der Waals surface area contributed by atoms with E-state index in [0.29, 0.717) is 5.56 Å². The van der Waals surface area contributed by atoms with Gasteiger partial charge in [0.25, 0.3) is 0 Å². The summed E-state index contributed by atoms with van der Waals surface area (Å²) in [5.41, 5.74) is 3.81. The van der Waals surface area contributed by atoms with E-state index >= 15 is 0 Å². The number of hydrogen-bond donors (Lipinski definition) is 0. The molecule has 24 heavy (non-hydrogen) atoms. The second-order valence-electron chi connectivity index (χ2n) is 5.31. The van der Waals surface area contributed by atoms with E-state index in [1.165, 1.54) is 0 Å². The normalized spacial score (nSPS) is 10.0. The molecule has 0 spiro atoms. The quantitative estimate of drug-likeness (QED) is 0.621. The van der Waals surface area contributed by atoms with Gasteiger partial charge < -0.3 is 4.74 Å². The van der Waals surface area contributed by atoms with Gasteiger partial charge in [0.2, 0.25) is 0 Å². The summed E-state index contributed by atoms with van der Waals surface area (Å²) in [4.78, 5) is 12.0. The Labute approximate surface area is 142 Å². The standard InChI is InChI=1S/C22H18O2/c23-22(20-14-8-3-9-15-20)24-17-16-21(18-10-4-1-5-11-18)19-12-6-2-7-13-19/h1-16H,17H2. The molecule has 0 aliphatic carbocycles. The van der Waals surface area contributed by atoms with E-state index in [1.807, 2.05) is 60.7 Å². The van der Waals surface area contributed by atoms with Gasteiger partial charge in [-0.15, -0.1) is 0 Å². The van der Waals surface area contributed by atoms with Crippen LogP contribution in [0.25, 0.3) is 5.57 Å². The average Bonchev–Trinajstić information content (AvgIpc) is 2.67. The molecule has 0 aliphatic rings. The summed E-state index contributed by atoms with van der Waals surface area (Å²) in [6, 6.07) is 29.2. The Bertz CT molecular complexity index is 765. The van der Waals surface area contributed by atoms with Gasteiger partial charge >= 0.3 is 5.97 Å². The zero-order valence-electron chi connectivity index (χ0n) is 13.3. The molecular formula is C22H18O2. The summed E-state index contributed by atoms with van der Waals surface area (Å²) in [6.45, 7) is 0.229. The molecule has 3 aromatic rings. The molecule has 0 unspecified atom stereocenters. The summed E-state index contributed by atoms with van der Waals surface area (Å²) in [5, 5.41) is 0. The molecule has 3 rings (SSSR count). The van der Waals surface area contributed by atoms with Crippen molar-refractivity contribution >= 4 is 11.5 Å². The molecule has 0 saturated heterocycles. The van der Waals surface area contributed by atoms with Gasteiger partial charge in [-0.1, -0.05) is 78.9 Å². The molecular weight excluding hydrogens is 296 g/mol. The van der Waals surface area contributed by atoms with Crippen molar-refractivity contribution in [1.29, 1.82) is 0 Å². The van der Waals surface area contributed by atoms with E-state index in [1.54, 1.807) is 12.1 Å². The monoisotopic (exact) mass is 314 g/mol. The Kier molecular flexibility index (Phi) is 5.21. The largest absolute Gasteiger partial charge is 0.458 e. The molecule has 0 N–H and O–H groups in total. The van der Waals surface area contributed by atoms with Crippen LogP contribution in [0.15, 0.2) is 97.1 Å². The van der Waals surface area contributed by atoms with Crippen molar-refractivity contribution in [3.63, 3.8) is 0 Å². The van der Waals surface area contributed by atoms with Crippen LogP contribution in [0.5, 0.6) is 0 Å². The number of benzene rings is 3. The smallest absolute Gasteiger partial charge is 0.338 e. The van der Waals surface area contributed by atoms with Crippen molar-refractivity contribution in [2.24, 2.45) is 0 Å². The predicted octanol–water partition coefficient (Wildman–Crippen LogP) is 4.98. The third-order valence-electron chi connectivity index (χ3n) is 3.68. The SMILES string of the molecule is O=C(OCC=C(c1ccccc1)c1ccccc1)c1ccccc1. The highest BCUT2D eigenvalue weighted by Gasteiger charge is 2.07. The molecule has 3 aromatic carbocycles. The molecule has 0 bridgehead atoms. The number of carbonyl (C=O) groups is 1. The van der Waals surface area contributed by atoms with Crippen LogP contribution < -0.4 is 0 Å². The van der Waals surface area contributed by atoms with Gasteiger partial charge in [-0.3, -0.25) is 0 Å². The maximum absolute atomic E-state index is 12.0. The fraction of sp³-hybridized carbons (Fsp3) is 0.0455. The molecule has 0 aliphatic heterocycles. The van der Waals surface area contributed by atoms with Crippen molar-refractivity contribution < 1.29 is 9.53 Å². The van der Waals surface area contributed by atoms with Crippen LogP contribution in [0.1, 0.15) is 21.5 Å². The highest BCUT2D eigenvalue weighted by molar-refractivity contribution is 5.89. The van der Waals surface area contributed by atoms with Gasteiger partial charge in [0, 0.05) is 0 Å². The Hall–Kier alpha value is -3.13. The molecule has 0 aromatic heterocycles. The lowest BCUT2D eigenvalue weighted by atomic mass is 9.98. The van der Waals surface area contributed by atoms with Crippen LogP contribution in [0.3, 0.4) is 0 Å². The Balaban J connectivity index is 1.79. The van der Waals surface area contributed by atoms with Crippen molar-refractivity contribution in [1.82, 2.24) is 0 Å². The van der Waals surface area contributed by atoms with Gasteiger partial charge in [0.05, 0.1) is 5.56 Å². The second-order valence-corrected chi connectivity index (χ2v) is 5.31. The minimum atomic E-state index is -0.313. The van der Waals surface area contributed by atoms with Gasteiger partial charge in [0.15, 0.2) is 0 Å². The third-order valence-corrected chi connectivity index (χ3v) is 3.68. The van der Waals surface area contributed by atoms with Crippen LogP contribution >= 0.6 is 0 Å². The Morgan fingerprint density at radius 1 is 0.667 bits per heavy atom. The lowest BCUT2D eigenvalue weighted by Gasteiger charge is -2.09. The number of hydrogen-bond acceptors (Lipinski definition) is 2. The molecule has 0 amide bonds. The van der Waals surface area contributed by atoms with Gasteiger partial charge in [-0.2, -0.15) is 0 Å². The summed E-state index contributed by atoms with van der Waals surface area (Å²) in [7, 11) is 0. The molecule has 0 atom stereocenters. The summed E-state index contributed by atoms with van der Waals surface area (Å²) < 4.78 is 5.39. The molecule has 118 valence electrons. The fourth-order valence-corrected chi connectivity index (χ4v) is 2.50. The maximum atomic E-state index is 12.0. The predicted molar refractivity (Wildman–Crippen MR) is 96.7 cm³/mol. The summed E-state index contributed by atoms with van der Waals surface area (Å²) >= 11 is 0. The third kappa shape index (κ3) is 3.99. The van der Waals surface area contributed by atoms with Crippen molar-refractivity contribution in [2.45, 2.75) is 0 Å². The number of carbonyl (C=O) groups excluding carboxylic acids is 1. The van der Waals surface area contributed by atoms with E-state index in [0.717, 1.165) is 16.7 Å². The van der Waals surface area contributed by atoms with Crippen molar-refractivity contribution in [3.05, 3.63) is 114 Å². The van der Waals surface area contributed by atoms with E-state index in [-0.39, 0.29) is 12.6 Å². The van der Waals surface area contributed by atoms with Crippen LogP contribution in [0.2, 0.25) is 0 Å². The van der Waals surface area contributed by atoms with E-state index in [2.05, 4.69) is 24.3 Å². The number of rotatable bonds is 5. The van der Waals surface area contributed by atoms with E-state index in [9.17, 15) is 4.79 Å². The second kappa shape index (κ2) is 7.93. The maximum Gasteiger partial charge on any atom is 0.338 e. The van der Waals surface area contributed by atoms with Gasteiger partial charge in [0.1, 0.15) is 6.61 Å². The van der Waals surface area contributed by atoms with Gasteiger partial charge in [-0.25, -0.2) is 4.79 Å². The first-order chi connectivity index (χ1) is 11.8. The minimum Gasteiger partial charge on any atom is -0.458 e. The topological polar surface area (TPSA) is 26.3 Å². The van der Waals surface area contributed by atoms with Gasteiger partial charge in [-0.05, 0) is 34.9 Å². The average molecular weight is 314 g/mol. The molecule has 2 nitrogen and oxygen atoms in total. The van der Waals surface area contributed by atoms with Crippen LogP contribution in [-0.4, -0.2) is 12.6 Å². The lowest BCUT2D eigenvalue weighted by Crippen LogP contribution is -2.05. The molecule has 0 fully saturated rings. The summed E-state index contributed by atoms with van der Waals surface area (Å²) in [6.07, 6.45) is 1.95. The molecule has 0 saturated carbocycles. The Morgan fingerprint density at radius 2 is 1.08 bits per heavy atom. The summed E-state index contributed by atoms with van der Waals surface area (Å²) in [5.74, 6) is -0.313. The van der Waals surface area contributed by atoms with Crippen molar-refractivity contribution in [3.8, 4) is 0 Å². The highest BCUT2D eigenvalue weighted by atomic mass is 16.5. The van der Waals surface area contributed by atoms with E-state index in [4.69, 9.17) is 4.74 Å². The highest BCUT2D eigenvalue weighted by Crippen LogP contribution is 2.22. The van der Waals surface area contributed by atoms with Crippen LogP contribution in [-0.2, 0) is 4.74 Å². The molecule has 2 heteroatoms. The van der Waals surface area contributed by atoms with Crippen molar-refractivity contribution in [2.75, 3.05) is 6.61 Å².